The average molecular weight is 261 g/mol. The van der Waals surface area contributed by atoms with E-state index >= 15 is 0 Å². The van der Waals surface area contributed by atoms with Crippen molar-refractivity contribution in [3.8, 4) is 5.75 Å². The smallest absolute Gasteiger partial charge is 0.139 e. The number of benzene rings is 1. The summed E-state index contributed by atoms with van der Waals surface area (Å²) in [4.78, 5) is 12.4. The van der Waals surface area contributed by atoms with Gasteiger partial charge in [0.15, 0.2) is 0 Å². The van der Waals surface area contributed by atoms with Crippen molar-refractivity contribution in [3.05, 3.63) is 29.8 Å². The van der Waals surface area contributed by atoms with Crippen LogP contribution in [0, 0.1) is 5.41 Å². The van der Waals surface area contributed by atoms with E-state index < -0.39 is 0 Å². The third-order valence-corrected chi connectivity index (χ3v) is 4.18. The van der Waals surface area contributed by atoms with Crippen molar-refractivity contribution >= 4 is 5.78 Å². The van der Waals surface area contributed by atoms with Gasteiger partial charge in [0.05, 0.1) is 7.11 Å². The maximum atomic E-state index is 12.4. The van der Waals surface area contributed by atoms with E-state index in [-0.39, 0.29) is 5.41 Å². The van der Waals surface area contributed by atoms with Crippen molar-refractivity contribution in [1.82, 2.24) is 5.32 Å². The summed E-state index contributed by atoms with van der Waals surface area (Å²) in [6.45, 7) is 4.04. The summed E-state index contributed by atoms with van der Waals surface area (Å²) in [7, 11) is 1.66. The Balaban J connectivity index is 1.88. The Labute approximate surface area is 115 Å². The van der Waals surface area contributed by atoms with E-state index in [0.29, 0.717) is 12.2 Å². The van der Waals surface area contributed by atoms with Crippen LogP contribution in [0.15, 0.2) is 24.3 Å². The molecule has 1 aliphatic heterocycles. The van der Waals surface area contributed by atoms with Crippen LogP contribution in [-0.4, -0.2) is 26.0 Å². The van der Waals surface area contributed by atoms with Crippen LogP contribution in [0.3, 0.4) is 0 Å². The standard InChI is InChI=1S/C16H23NO2/c1-16(9-11-17-12-10-16)15(18)8-5-13-3-6-14(19-2)7-4-13/h3-4,6-7,17H,5,8-12H2,1-2H3. The van der Waals surface area contributed by atoms with Crippen LogP contribution < -0.4 is 10.1 Å². The third kappa shape index (κ3) is 3.57. The van der Waals surface area contributed by atoms with E-state index in [1.54, 1.807) is 7.11 Å². The van der Waals surface area contributed by atoms with Gasteiger partial charge in [0.2, 0.25) is 0 Å². The minimum atomic E-state index is -0.113. The molecule has 1 aromatic rings. The second-order valence-corrected chi connectivity index (χ2v) is 5.58. The van der Waals surface area contributed by atoms with Gasteiger partial charge in [-0.25, -0.2) is 0 Å². The zero-order valence-corrected chi connectivity index (χ0v) is 11.9. The molecule has 1 N–H and O–H groups in total. The molecule has 0 spiro atoms. The van der Waals surface area contributed by atoms with Crippen LogP contribution in [0.4, 0.5) is 0 Å². The van der Waals surface area contributed by atoms with Crippen LogP contribution in [0.5, 0.6) is 5.75 Å². The second-order valence-electron chi connectivity index (χ2n) is 5.58. The van der Waals surface area contributed by atoms with Crippen molar-refractivity contribution in [3.63, 3.8) is 0 Å². The zero-order chi connectivity index (χ0) is 13.7. The van der Waals surface area contributed by atoms with Crippen molar-refractivity contribution < 1.29 is 9.53 Å². The highest BCUT2D eigenvalue weighted by atomic mass is 16.5. The van der Waals surface area contributed by atoms with Crippen molar-refractivity contribution in [2.75, 3.05) is 20.2 Å². The van der Waals surface area contributed by atoms with E-state index in [0.717, 1.165) is 38.1 Å². The third-order valence-electron chi connectivity index (χ3n) is 4.18. The molecule has 0 bridgehead atoms. The predicted octanol–water partition coefficient (Wildman–Crippen LogP) is 2.59. The molecule has 0 unspecified atom stereocenters. The van der Waals surface area contributed by atoms with E-state index in [1.807, 2.05) is 24.3 Å². The molecule has 104 valence electrons. The first-order chi connectivity index (χ1) is 9.14. The number of Topliss-reactive ketones (excluding diaryl/α,β-unsaturated/α-hetero) is 1. The van der Waals surface area contributed by atoms with Crippen LogP contribution >= 0.6 is 0 Å². The Morgan fingerprint density at radius 1 is 1.26 bits per heavy atom. The Morgan fingerprint density at radius 2 is 1.89 bits per heavy atom. The van der Waals surface area contributed by atoms with Gasteiger partial charge >= 0.3 is 0 Å². The number of hydrogen-bond acceptors (Lipinski definition) is 3. The van der Waals surface area contributed by atoms with Crippen LogP contribution in [-0.2, 0) is 11.2 Å². The number of ketones is 1. The fourth-order valence-electron chi connectivity index (χ4n) is 2.61. The van der Waals surface area contributed by atoms with Gasteiger partial charge < -0.3 is 10.1 Å². The van der Waals surface area contributed by atoms with Gasteiger partial charge in [-0.05, 0) is 50.0 Å². The minimum Gasteiger partial charge on any atom is -0.497 e. The first kappa shape index (κ1) is 14.1. The summed E-state index contributed by atoms with van der Waals surface area (Å²) in [6.07, 6.45) is 3.40. The molecule has 19 heavy (non-hydrogen) atoms. The molecule has 0 aromatic heterocycles. The highest BCUT2D eigenvalue weighted by Crippen LogP contribution is 2.30. The molecule has 0 aliphatic carbocycles. The maximum Gasteiger partial charge on any atom is 0.139 e. The fourth-order valence-corrected chi connectivity index (χ4v) is 2.61. The highest BCUT2D eigenvalue weighted by molar-refractivity contribution is 5.84. The molecular formula is C16H23NO2. The number of rotatable bonds is 5. The topological polar surface area (TPSA) is 38.3 Å². The number of carbonyl (C=O) groups is 1. The lowest BCUT2D eigenvalue weighted by atomic mass is 9.75. The molecule has 0 amide bonds. The first-order valence-corrected chi connectivity index (χ1v) is 7.01. The lowest BCUT2D eigenvalue weighted by Gasteiger charge is -2.32. The fraction of sp³-hybridized carbons (Fsp3) is 0.562. The number of hydrogen-bond donors (Lipinski definition) is 1. The molecule has 1 aromatic carbocycles. The molecular weight excluding hydrogens is 238 g/mol. The number of methoxy groups -OCH3 is 1. The van der Waals surface area contributed by atoms with Gasteiger partial charge in [0.25, 0.3) is 0 Å². The number of ether oxygens (including phenoxy) is 1. The quantitative estimate of drug-likeness (QED) is 0.885. The van der Waals surface area contributed by atoms with E-state index in [9.17, 15) is 4.79 Å². The molecule has 3 heteroatoms. The van der Waals surface area contributed by atoms with Crippen molar-refractivity contribution in [1.29, 1.82) is 0 Å². The summed E-state index contributed by atoms with van der Waals surface area (Å²) in [5, 5.41) is 3.32. The molecule has 0 radical (unpaired) electrons. The SMILES string of the molecule is COc1ccc(CCC(=O)C2(C)CCNCC2)cc1. The predicted molar refractivity (Wildman–Crippen MR) is 76.5 cm³/mol. The molecule has 2 rings (SSSR count). The van der Waals surface area contributed by atoms with Crippen molar-refractivity contribution in [2.24, 2.45) is 5.41 Å². The average Bonchev–Trinajstić information content (AvgIpc) is 2.46. The van der Waals surface area contributed by atoms with Gasteiger partial charge in [-0.3, -0.25) is 4.79 Å². The summed E-state index contributed by atoms with van der Waals surface area (Å²) in [6, 6.07) is 7.98. The van der Waals surface area contributed by atoms with Gasteiger partial charge in [0, 0.05) is 11.8 Å². The van der Waals surface area contributed by atoms with Gasteiger partial charge in [-0.15, -0.1) is 0 Å². The van der Waals surface area contributed by atoms with E-state index in [4.69, 9.17) is 4.74 Å². The Kier molecular flexibility index (Phi) is 4.59. The zero-order valence-electron chi connectivity index (χ0n) is 11.9. The lowest BCUT2D eigenvalue weighted by Crippen LogP contribution is -2.40. The normalized spacial score (nSPS) is 18.0. The summed E-state index contributed by atoms with van der Waals surface area (Å²) in [5.74, 6) is 1.27. The number of nitrogens with one attached hydrogen (secondary N) is 1. The van der Waals surface area contributed by atoms with Crippen LogP contribution in [0.1, 0.15) is 31.7 Å². The molecule has 0 saturated carbocycles. The molecule has 1 saturated heterocycles. The van der Waals surface area contributed by atoms with Gasteiger partial charge in [-0.2, -0.15) is 0 Å². The second kappa shape index (κ2) is 6.20. The Morgan fingerprint density at radius 3 is 2.47 bits per heavy atom. The summed E-state index contributed by atoms with van der Waals surface area (Å²) in [5.41, 5.74) is 1.09. The van der Waals surface area contributed by atoms with Crippen LogP contribution in [0.2, 0.25) is 0 Å². The Hall–Kier alpha value is -1.35. The summed E-state index contributed by atoms with van der Waals surface area (Å²) >= 11 is 0. The first-order valence-electron chi connectivity index (χ1n) is 7.01. The Bertz CT molecular complexity index is 419. The lowest BCUT2D eigenvalue weighted by molar-refractivity contribution is -0.129. The van der Waals surface area contributed by atoms with Gasteiger partial charge in [-0.1, -0.05) is 19.1 Å². The largest absolute Gasteiger partial charge is 0.497 e. The molecule has 3 nitrogen and oxygen atoms in total. The minimum absolute atomic E-state index is 0.113. The van der Waals surface area contributed by atoms with Crippen LogP contribution in [0.25, 0.3) is 0 Å². The highest BCUT2D eigenvalue weighted by Gasteiger charge is 2.33. The summed E-state index contributed by atoms with van der Waals surface area (Å²) < 4.78 is 5.13. The molecule has 1 aliphatic rings. The maximum absolute atomic E-state index is 12.4. The molecule has 0 atom stereocenters. The monoisotopic (exact) mass is 261 g/mol. The number of aryl methyl sites for hydroxylation is 1. The molecule has 1 heterocycles. The van der Waals surface area contributed by atoms with Crippen molar-refractivity contribution in [2.45, 2.75) is 32.6 Å². The van der Waals surface area contributed by atoms with E-state index in [2.05, 4.69) is 12.2 Å². The number of carbonyl (C=O) groups excluding carboxylic acids is 1. The molecule has 1 fully saturated rings. The number of piperidine rings is 1. The van der Waals surface area contributed by atoms with E-state index in [1.165, 1.54) is 5.56 Å². The van der Waals surface area contributed by atoms with Gasteiger partial charge in [0.1, 0.15) is 11.5 Å².